The summed E-state index contributed by atoms with van der Waals surface area (Å²) in [6.45, 7) is 0. The van der Waals surface area contributed by atoms with Crippen molar-refractivity contribution in [2.24, 2.45) is 5.10 Å². The molecule has 1 aliphatic rings. The number of fused-ring (bicyclic) bond motifs is 1. The van der Waals surface area contributed by atoms with Gasteiger partial charge in [-0.2, -0.15) is 10.4 Å². The number of aryl methyl sites for hydroxylation is 1. The lowest BCUT2D eigenvalue weighted by Crippen LogP contribution is -2.32. The van der Waals surface area contributed by atoms with Crippen molar-refractivity contribution in [3.63, 3.8) is 0 Å². The van der Waals surface area contributed by atoms with E-state index < -0.39 is 16.7 Å². The number of thiophene rings is 1. The molecule has 0 radical (unpaired) electrons. The van der Waals surface area contributed by atoms with Gasteiger partial charge >= 0.3 is 11.8 Å². The van der Waals surface area contributed by atoms with E-state index in [1.807, 2.05) is 5.43 Å². The minimum Gasteiger partial charge on any atom is -0.308 e. The summed E-state index contributed by atoms with van der Waals surface area (Å²) in [5.41, 5.74) is 3.16. The molecule has 0 bridgehead atoms. The predicted octanol–water partition coefficient (Wildman–Crippen LogP) is 3.15. The topological polar surface area (TPSA) is 137 Å². The number of nitro groups is 1. The number of benzene rings is 1. The van der Waals surface area contributed by atoms with E-state index in [0.29, 0.717) is 10.6 Å². The van der Waals surface area contributed by atoms with Crippen molar-refractivity contribution in [3.05, 3.63) is 54.9 Å². The van der Waals surface area contributed by atoms with Crippen molar-refractivity contribution in [1.29, 1.82) is 5.26 Å². The van der Waals surface area contributed by atoms with E-state index in [4.69, 9.17) is 11.6 Å². The Labute approximate surface area is 174 Å². The molecule has 1 aromatic carbocycles. The van der Waals surface area contributed by atoms with E-state index in [2.05, 4.69) is 16.5 Å². The van der Waals surface area contributed by atoms with Crippen LogP contribution in [0.5, 0.6) is 0 Å². The first-order valence-electron chi connectivity index (χ1n) is 8.53. The minimum absolute atomic E-state index is 0.0703. The van der Waals surface area contributed by atoms with Crippen molar-refractivity contribution in [2.45, 2.75) is 25.7 Å². The second kappa shape index (κ2) is 8.81. The molecule has 0 spiro atoms. The number of hydrazone groups is 1. The molecule has 1 aliphatic carbocycles. The Morgan fingerprint density at radius 3 is 2.79 bits per heavy atom. The van der Waals surface area contributed by atoms with Crippen LogP contribution < -0.4 is 10.7 Å². The van der Waals surface area contributed by atoms with Crippen molar-refractivity contribution in [1.82, 2.24) is 5.43 Å². The first-order valence-corrected chi connectivity index (χ1v) is 9.73. The highest BCUT2D eigenvalue weighted by molar-refractivity contribution is 7.16. The van der Waals surface area contributed by atoms with Crippen LogP contribution in [-0.4, -0.2) is 23.0 Å². The van der Waals surface area contributed by atoms with Crippen LogP contribution in [0.1, 0.15) is 34.4 Å². The maximum atomic E-state index is 12.1. The maximum Gasteiger partial charge on any atom is 0.329 e. The van der Waals surface area contributed by atoms with Gasteiger partial charge in [0.2, 0.25) is 0 Å². The third-order valence-electron chi connectivity index (χ3n) is 4.27. The number of amides is 2. The highest BCUT2D eigenvalue weighted by Gasteiger charge is 2.23. The number of carbonyl (C=O) groups excluding carboxylic acids is 2. The molecule has 1 heterocycles. The molecule has 9 nitrogen and oxygen atoms in total. The van der Waals surface area contributed by atoms with Crippen molar-refractivity contribution < 1.29 is 14.5 Å². The predicted molar refractivity (Wildman–Crippen MR) is 108 cm³/mol. The molecule has 0 fully saturated rings. The molecule has 2 aromatic rings. The zero-order valence-corrected chi connectivity index (χ0v) is 16.5. The van der Waals surface area contributed by atoms with Gasteiger partial charge in [-0.1, -0.05) is 11.6 Å². The fourth-order valence-electron chi connectivity index (χ4n) is 2.94. The van der Waals surface area contributed by atoms with Gasteiger partial charge in [-0.05, 0) is 43.4 Å². The molecule has 0 saturated carbocycles. The van der Waals surface area contributed by atoms with E-state index in [1.165, 1.54) is 29.5 Å². The van der Waals surface area contributed by atoms with Gasteiger partial charge in [-0.3, -0.25) is 19.7 Å². The second-order valence-corrected chi connectivity index (χ2v) is 7.68. The first-order chi connectivity index (χ1) is 13.9. The van der Waals surface area contributed by atoms with Gasteiger partial charge in [0.05, 0.1) is 22.3 Å². The standard InChI is InChI=1S/C18H14ClN5O4S/c19-11-5-6-14(24(27)28)10(7-11)9-21-23-17(26)16(25)22-18-13(8-20)12-3-1-2-4-15(12)29-18/h5-7,9H,1-4H2,(H,22,25)(H,23,26)/b21-9-. The number of nitrogens with one attached hydrogen (secondary N) is 2. The quantitative estimate of drug-likeness (QED) is 0.331. The van der Waals surface area contributed by atoms with Crippen LogP contribution in [0.3, 0.4) is 0 Å². The number of anilines is 1. The molecular weight excluding hydrogens is 418 g/mol. The fraction of sp³-hybridized carbons (Fsp3) is 0.222. The first kappa shape index (κ1) is 20.4. The van der Waals surface area contributed by atoms with Crippen LogP contribution in [0.4, 0.5) is 10.7 Å². The van der Waals surface area contributed by atoms with Gasteiger partial charge in [0, 0.05) is 16.0 Å². The molecule has 2 amide bonds. The lowest BCUT2D eigenvalue weighted by molar-refractivity contribution is -0.385. The molecule has 1 aromatic heterocycles. The van der Waals surface area contributed by atoms with Crippen molar-refractivity contribution >= 4 is 51.7 Å². The molecule has 0 saturated heterocycles. The molecular formula is C18H14ClN5O4S. The van der Waals surface area contributed by atoms with Crippen LogP contribution in [0, 0.1) is 21.4 Å². The lowest BCUT2D eigenvalue weighted by Gasteiger charge is -2.09. The Bertz CT molecular complexity index is 1070. The number of hydrogen-bond acceptors (Lipinski definition) is 7. The second-order valence-electron chi connectivity index (χ2n) is 6.14. The number of nitriles is 1. The maximum absolute atomic E-state index is 12.1. The van der Waals surface area contributed by atoms with Crippen molar-refractivity contribution in [2.75, 3.05) is 5.32 Å². The number of nitrogens with zero attached hydrogens (tertiary/aromatic N) is 3. The van der Waals surface area contributed by atoms with Gasteiger partial charge < -0.3 is 5.32 Å². The van der Waals surface area contributed by atoms with E-state index in [-0.39, 0.29) is 16.3 Å². The molecule has 2 N–H and O–H groups in total. The van der Waals surface area contributed by atoms with E-state index in [9.17, 15) is 25.0 Å². The van der Waals surface area contributed by atoms with Gasteiger partial charge in [-0.15, -0.1) is 11.3 Å². The Hall–Kier alpha value is -3.29. The highest BCUT2D eigenvalue weighted by atomic mass is 35.5. The summed E-state index contributed by atoms with van der Waals surface area (Å²) in [5.74, 6) is -2.06. The number of carbonyl (C=O) groups is 2. The van der Waals surface area contributed by atoms with Crippen LogP contribution in [-0.2, 0) is 22.4 Å². The molecule has 148 valence electrons. The Balaban J connectivity index is 1.68. The zero-order chi connectivity index (χ0) is 21.0. The van der Waals surface area contributed by atoms with Gasteiger partial charge in [0.25, 0.3) is 5.69 Å². The zero-order valence-electron chi connectivity index (χ0n) is 14.9. The smallest absolute Gasteiger partial charge is 0.308 e. The molecule has 0 atom stereocenters. The SMILES string of the molecule is N#Cc1c(NC(=O)C(=O)N/N=C\c2cc(Cl)ccc2[N+](=O)[O-])sc2c1CCCC2. The summed E-state index contributed by atoms with van der Waals surface area (Å²) in [6, 6.07) is 5.97. The fourth-order valence-corrected chi connectivity index (χ4v) is 4.35. The average molecular weight is 432 g/mol. The monoisotopic (exact) mass is 431 g/mol. The van der Waals surface area contributed by atoms with Gasteiger partial charge in [-0.25, -0.2) is 5.43 Å². The number of hydrogen-bond donors (Lipinski definition) is 2. The van der Waals surface area contributed by atoms with Crippen LogP contribution >= 0.6 is 22.9 Å². The normalized spacial score (nSPS) is 12.8. The summed E-state index contributed by atoms with van der Waals surface area (Å²) in [6.07, 6.45) is 4.66. The van der Waals surface area contributed by atoms with Crippen LogP contribution in [0.25, 0.3) is 0 Å². The largest absolute Gasteiger partial charge is 0.329 e. The highest BCUT2D eigenvalue weighted by Crippen LogP contribution is 2.37. The summed E-state index contributed by atoms with van der Waals surface area (Å²) in [7, 11) is 0. The Morgan fingerprint density at radius 1 is 1.31 bits per heavy atom. The summed E-state index contributed by atoms with van der Waals surface area (Å²) < 4.78 is 0. The number of halogens is 1. The van der Waals surface area contributed by atoms with E-state index in [0.717, 1.165) is 42.3 Å². The molecule has 3 rings (SSSR count). The Kier molecular flexibility index (Phi) is 6.21. The lowest BCUT2D eigenvalue weighted by atomic mass is 9.96. The number of nitro benzene ring substituents is 1. The van der Waals surface area contributed by atoms with Gasteiger partial charge in [0.1, 0.15) is 11.1 Å². The number of rotatable bonds is 4. The van der Waals surface area contributed by atoms with E-state index >= 15 is 0 Å². The summed E-state index contributed by atoms with van der Waals surface area (Å²) in [5, 5.41) is 27.0. The summed E-state index contributed by atoms with van der Waals surface area (Å²) in [4.78, 5) is 35.6. The van der Waals surface area contributed by atoms with E-state index in [1.54, 1.807) is 0 Å². The molecule has 29 heavy (non-hydrogen) atoms. The third kappa shape index (κ3) is 4.59. The van der Waals surface area contributed by atoms with Crippen LogP contribution in [0.15, 0.2) is 23.3 Å². The Morgan fingerprint density at radius 2 is 2.07 bits per heavy atom. The van der Waals surface area contributed by atoms with Crippen LogP contribution in [0.2, 0.25) is 5.02 Å². The minimum atomic E-state index is -1.07. The molecule has 11 heteroatoms. The third-order valence-corrected chi connectivity index (χ3v) is 5.71. The summed E-state index contributed by atoms with van der Waals surface area (Å²) >= 11 is 7.11. The van der Waals surface area contributed by atoms with Crippen molar-refractivity contribution in [3.8, 4) is 6.07 Å². The molecule has 0 aliphatic heterocycles. The molecule has 0 unspecified atom stereocenters. The average Bonchev–Trinajstić information content (AvgIpc) is 3.04. The van der Waals surface area contributed by atoms with Gasteiger partial charge in [0.15, 0.2) is 0 Å².